The summed E-state index contributed by atoms with van der Waals surface area (Å²) >= 11 is 0. The van der Waals surface area contributed by atoms with E-state index in [1.165, 1.54) is 6.07 Å². The molecule has 1 atom stereocenters. The van der Waals surface area contributed by atoms with Crippen LogP contribution in [0.3, 0.4) is 0 Å². The second kappa shape index (κ2) is 9.72. The van der Waals surface area contributed by atoms with Crippen LogP contribution in [0, 0.1) is 5.82 Å². The van der Waals surface area contributed by atoms with Gasteiger partial charge in [-0.1, -0.05) is 13.3 Å². The molecule has 1 aliphatic heterocycles. The highest BCUT2D eigenvalue weighted by molar-refractivity contribution is 5.90. The van der Waals surface area contributed by atoms with Gasteiger partial charge in [0.15, 0.2) is 5.58 Å². The number of nitrogens with zero attached hydrogens (tertiary/aromatic N) is 1. The number of fused-ring (bicyclic) bond motifs is 1. The van der Waals surface area contributed by atoms with Crippen molar-refractivity contribution in [1.82, 2.24) is 5.32 Å². The quantitative estimate of drug-likeness (QED) is 0.688. The van der Waals surface area contributed by atoms with Crippen LogP contribution in [0.1, 0.15) is 19.8 Å². The molecule has 7 nitrogen and oxygen atoms in total. The molecule has 1 aliphatic rings. The van der Waals surface area contributed by atoms with Crippen LogP contribution in [0.15, 0.2) is 41.0 Å². The number of nitrogens with one attached hydrogen (secondary N) is 1. The van der Waals surface area contributed by atoms with E-state index in [1.807, 2.05) is 6.07 Å². The van der Waals surface area contributed by atoms with E-state index >= 15 is 0 Å². The number of carbonyl (C=O) groups is 2. The number of hydrogen-bond acceptors (Lipinski definition) is 5. The standard InChI is InChI=1S/C15H19FN2O.C4H4O4/c1-2-3-13-10-18(6-5-17-13)14-9-12(16)8-11-4-7-19-15(11)14;5-3(6)1-2-4(7)8/h4,7-9,13,17H,2-3,5-6,10H2,1H3;1-2H,(H,5,6)(H,7,8)/t13-;/m0./s1. The number of piperazine rings is 1. The van der Waals surface area contributed by atoms with Gasteiger partial charge in [0, 0.05) is 49.3 Å². The Labute approximate surface area is 156 Å². The van der Waals surface area contributed by atoms with Crippen molar-refractivity contribution >= 4 is 28.6 Å². The van der Waals surface area contributed by atoms with Crippen molar-refractivity contribution in [2.45, 2.75) is 25.8 Å². The normalized spacial score (nSPS) is 17.0. The highest BCUT2D eigenvalue weighted by Gasteiger charge is 2.21. The van der Waals surface area contributed by atoms with Crippen LogP contribution in [-0.2, 0) is 9.59 Å². The summed E-state index contributed by atoms with van der Waals surface area (Å²) in [6.45, 7) is 4.92. The highest BCUT2D eigenvalue weighted by atomic mass is 19.1. The smallest absolute Gasteiger partial charge is 0.328 e. The number of carboxylic acid groups (broad SMARTS) is 2. The fourth-order valence-electron chi connectivity index (χ4n) is 2.99. The second-order valence-corrected chi connectivity index (χ2v) is 6.16. The number of hydrogen-bond donors (Lipinski definition) is 3. The predicted molar refractivity (Wildman–Crippen MR) is 99.5 cm³/mol. The molecule has 0 saturated carbocycles. The van der Waals surface area contributed by atoms with Crippen LogP contribution < -0.4 is 10.2 Å². The predicted octanol–water partition coefficient (Wildman–Crippen LogP) is 2.86. The van der Waals surface area contributed by atoms with E-state index in [-0.39, 0.29) is 5.82 Å². The summed E-state index contributed by atoms with van der Waals surface area (Å²) in [7, 11) is 0. The second-order valence-electron chi connectivity index (χ2n) is 6.16. The van der Waals surface area contributed by atoms with Gasteiger partial charge in [-0.05, 0) is 18.6 Å². The molecule has 0 spiro atoms. The van der Waals surface area contributed by atoms with Gasteiger partial charge in [-0.2, -0.15) is 0 Å². The first kappa shape index (κ1) is 20.4. The van der Waals surface area contributed by atoms with Crippen molar-refractivity contribution in [2.24, 2.45) is 0 Å². The molecule has 8 heteroatoms. The van der Waals surface area contributed by atoms with Gasteiger partial charge in [0.2, 0.25) is 0 Å². The first-order valence-corrected chi connectivity index (χ1v) is 8.69. The Kier molecular flexibility index (Phi) is 7.36. The maximum Gasteiger partial charge on any atom is 0.328 e. The van der Waals surface area contributed by atoms with Crippen LogP contribution in [0.25, 0.3) is 11.0 Å². The van der Waals surface area contributed by atoms with Gasteiger partial charge in [0.25, 0.3) is 0 Å². The molecule has 2 aromatic rings. The molecule has 2 heterocycles. The minimum Gasteiger partial charge on any atom is -0.478 e. The van der Waals surface area contributed by atoms with Gasteiger partial charge in [0.05, 0.1) is 12.0 Å². The summed E-state index contributed by atoms with van der Waals surface area (Å²) in [4.78, 5) is 21.3. The number of carboxylic acids is 2. The average Bonchev–Trinajstić information content (AvgIpc) is 3.08. The third-order valence-electron chi connectivity index (χ3n) is 4.10. The van der Waals surface area contributed by atoms with Gasteiger partial charge in [-0.3, -0.25) is 0 Å². The molecule has 1 aromatic heterocycles. The van der Waals surface area contributed by atoms with E-state index in [9.17, 15) is 14.0 Å². The van der Waals surface area contributed by atoms with E-state index < -0.39 is 11.9 Å². The minimum absolute atomic E-state index is 0.200. The molecule has 1 aromatic carbocycles. The lowest BCUT2D eigenvalue weighted by atomic mass is 10.1. The number of rotatable bonds is 5. The third-order valence-corrected chi connectivity index (χ3v) is 4.10. The number of benzene rings is 1. The van der Waals surface area contributed by atoms with E-state index in [1.54, 1.807) is 12.3 Å². The number of anilines is 1. The van der Waals surface area contributed by atoms with Crippen molar-refractivity contribution < 1.29 is 28.6 Å². The van der Waals surface area contributed by atoms with Crippen LogP contribution in [-0.4, -0.2) is 47.8 Å². The summed E-state index contributed by atoms with van der Waals surface area (Å²) in [5.74, 6) is -2.71. The average molecular weight is 378 g/mol. The maximum atomic E-state index is 13.7. The Hall–Kier alpha value is -2.87. The van der Waals surface area contributed by atoms with Crippen molar-refractivity contribution in [2.75, 3.05) is 24.5 Å². The summed E-state index contributed by atoms with van der Waals surface area (Å²) in [5.41, 5.74) is 1.67. The molecular formula is C19H23FN2O5. The molecule has 0 aliphatic carbocycles. The van der Waals surface area contributed by atoms with Crippen LogP contribution >= 0.6 is 0 Å². The summed E-state index contributed by atoms with van der Waals surface area (Å²) in [5, 5.41) is 20.0. The molecule has 1 saturated heterocycles. The molecule has 0 amide bonds. The molecular weight excluding hydrogens is 355 g/mol. The molecule has 3 rings (SSSR count). The molecule has 27 heavy (non-hydrogen) atoms. The number of furan rings is 1. The molecule has 1 fully saturated rings. The van der Waals surface area contributed by atoms with Gasteiger partial charge in [0.1, 0.15) is 5.82 Å². The fourth-order valence-corrected chi connectivity index (χ4v) is 2.99. The zero-order valence-electron chi connectivity index (χ0n) is 15.0. The summed E-state index contributed by atoms with van der Waals surface area (Å²) < 4.78 is 19.2. The number of aliphatic carboxylic acids is 2. The zero-order chi connectivity index (χ0) is 19.8. The Bertz CT molecular complexity index is 800. The van der Waals surface area contributed by atoms with Crippen molar-refractivity contribution in [3.05, 3.63) is 42.4 Å². The lowest BCUT2D eigenvalue weighted by Crippen LogP contribution is -2.50. The Morgan fingerprint density at radius 1 is 1.33 bits per heavy atom. The number of halogens is 1. The van der Waals surface area contributed by atoms with Gasteiger partial charge in [-0.15, -0.1) is 0 Å². The largest absolute Gasteiger partial charge is 0.478 e. The topological polar surface area (TPSA) is 103 Å². The monoisotopic (exact) mass is 378 g/mol. The third kappa shape index (κ3) is 6.10. The zero-order valence-corrected chi connectivity index (χ0v) is 15.0. The van der Waals surface area contributed by atoms with Crippen LogP contribution in [0.5, 0.6) is 0 Å². The molecule has 0 radical (unpaired) electrons. The minimum atomic E-state index is -1.26. The first-order valence-electron chi connectivity index (χ1n) is 8.69. The first-order chi connectivity index (χ1) is 12.9. The van der Waals surface area contributed by atoms with E-state index in [4.69, 9.17) is 14.6 Å². The van der Waals surface area contributed by atoms with E-state index in [0.717, 1.165) is 49.1 Å². The van der Waals surface area contributed by atoms with Crippen LogP contribution in [0.4, 0.5) is 10.1 Å². The molecule has 0 unspecified atom stereocenters. The Morgan fingerprint density at radius 3 is 2.67 bits per heavy atom. The Balaban J connectivity index is 0.000000279. The van der Waals surface area contributed by atoms with E-state index in [0.29, 0.717) is 18.2 Å². The molecule has 0 bridgehead atoms. The maximum absolute atomic E-state index is 13.7. The van der Waals surface area contributed by atoms with Crippen molar-refractivity contribution in [1.29, 1.82) is 0 Å². The fraction of sp³-hybridized carbons (Fsp3) is 0.368. The Morgan fingerprint density at radius 2 is 2.04 bits per heavy atom. The lowest BCUT2D eigenvalue weighted by Gasteiger charge is -2.35. The van der Waals surface area contributed by atoms with Crippen LogP contribution in [0.2, 0.25) is 0 Å². The van der Waals surface area contributed by atoms with Crippen molar-refractivity contribution in [3.63, 3.8) is 0 Å². The summed E-state index contributed by atoms with van der Waals surface area (Å²) in [6, 6.07) is 5.40. The van der Waals surface area contributed by atoms with E-state index in [2.05, 4.69) is 17.1 Å². The van der Waals surface area contributed by atoms with Gasteiger partial charge >= 0.3 is 11.9 Å². The van der Waals surface area contributed by atoms with Gasteiger partial charge in [-0.25, -0.2) is 14.0 Å². The SMILES string of the molecule is CCC[C@H]1CN(c2cc(F)cc3ccoc23)CCN1.O=C(O)C=CC(=O)O. The summed E-state index contributed by atoms with van der Waals surface area (Å²) in [6.07, 6.45) is 5.04. The molecule has 146 valence electrons. The van der Waals surface area contributed by atoms with Crippen molar-refractivity contribution in [3.8, 4) is 0 Å². The lowest BCUT2D eigenvalue weighted by molar-refractivity contribution is -0.134. The highest BCUT2D eigenvalue weighted by Crippen LogP contribution is 2.30. The van der Waals surface area contributed by atoms with Gasteiger partial charge < -0.3 is 24.8 Å². The molecule has 3 N–H and O–H groups in total.